The minimum atomic E-state index is 0. The van der Waals surface area contributed by atoms with E-state index in [1.165, 1.54) is 6.07 Å². The summed E-state index contributed by atoms with van der Waals surface area (Å²) in [5, 5.41) is 26.2. The van der Waals surface area contributed by atoms with Crippen molar-refractivity contribution in [3.63, 3.8) is 0 Å². The first-order valence-corrected chi connectivity index (χ1v) is 5.31. The van der Waals surface area contributed by atoms with E-state index >= 15 is 0 Å². The number of hydrogen-bond acceptors (Lipinski definition) is 4. The Kier molecular flexibility index (Phi) is 4.44. The summed E-state index contributed by atoms with van der Waals surface area (Å²) in [6, 6.07) is 4.56. The zero-order chi connectivity index (χ0) is 12.4. The van der Waals surface area contributed by atoms with E-state index < -0.39 is 0 Å². The molecule has 98 valence electrons. The van der Waals surface area contributed by atoms with E-state index in [9.17, 15) is 10.2 Å². The lowest BCUT2D eigenvalue weighted by molar-refractivity contribution is 0.446. The van der Waals surface area contributed by atoms with Crippen LogP contribution < -0.4 is 5.32 Å². The van der Waals surface area contributed by atoms with E-state index in [4.69, 9.17) is 0 Å². The number of aryl methyl sites for hydroxylation is 2. The SMILES string of the molecule is Cc1nn(C)cc1NCc1ccc(O)cc1O.Cl. The van der Waals surface area contributed by atoms with Gasteiger partial charge in [-0.1, -0.05) is 0 Å². The lowest BCUT2D eigenvalue weighted by Crippen LogP contribution is -1.99. The number of hydrogen-bond donors (Lipinski definition) is 3. The standard InChI is InChI=1S/C12H15N3O2.ClH/c1-8-11(7-15(2)14-8)13-6-9-3-4-10(16)5-12(9)17;/h3-5,7,13,16-17H,6H2,1-2H3;1H. The Morgan fingerprint density at radius 2 is 2.06 bits per heavy atom. The van der Waals surface area contributed by atoms with Gasteiger partial charge in [-0.3, -0.25) is 4.68 Å². The van der Waals surface area contributed by atoms with Gasteiger partial charge in [-0.05, 0) is 19.1 Å². The molecule has 0 saturated heterocycles. The fourth-order valence-corrected chi connectivity index (χ4v) is 1.67. The van der Waals surface area contributed by atoms with Gasteiger partial charge in [0.15, 0.2) is 0 Å². The fraction of sp³-hybridized carbons (Fsp3) is 0.250. The molecule has 0 atom stereocenters. The van der Waals surface area contributed by atoms with Gasteiger partial charge in [0.1, 0.15) is 11.5 Å². The molecule has 0 spiro atoms. The number of phenolic OH excluding ortho intramolecular Hbond substituents is 2. The van der Waals surface area contributed by atoms with Crippen molar-refractivity contribution >= 4 is 18.1 Å². The smallest absolute Gasteiger partial charge is 0.124 e. The highest BCUT2D eigenvalue weighted by Gasteiger charge is 2.05. The summed E-state index contributed by atoms with van der Waals surface area (Å²) in [7, 11) is 1.86. The van der Waals surface area contributed by atoms with Crippen molar-refractivity contribution in [3.05, 3.63) is 35.7 Å². The van der Waals surface area contributed by atoms with Crippen molar-refractivity contribution < 1.29 is 10.2 Å². The van der Waals surface area contributed by atoms with Crippen LogP contribution in [0.1, 0.15) is 11.3 Å². The Morgan fingerprint density at radius 1 is 1.33 bits per heavy atom. The maximum Gasteiger partial charge on any atom is 0.124 e. The third-order valence-electron chi connectivity index (χ3n) is 2.55. The van der Waals surface area contributed by atoms with Gasteiger partial charge in [0, 0.05) is 31.4 Å². The van der Waals surface area contributed by atoms with Gasteiger partial charge in [0.05, 0.1) is 11.4 Å². The van der Waals surface area contributed by atoms with Gasteiger partial charge in [-0.15, -0.1) is 12.4 Å². The second-order valence-corrected chi connectivity index (χ2v) is 3.97. The number of anilines is 1. The average Bonchev–Trinajstić information content (AvgIpc) is 2.56. The average molecular weight is 270 g/mol. The van der Waals surface area contributed by atoms with Crippen molar-refractivity contribution in [3.8, 4) is 11.5 Å². The fourth-order valence-electron chi connectivity index (χ4n) is 1.67. The lowest BCUT2D eigenvalue weighted by atomic mass is 10.2. The van der Waals surface area contributed by atoms with Crippen LogP contribution in [0.25, 0.3) is 0 Å². The molecule has 0 saturated carbocycles. The predicted molar refractivity (Wildman–Crippen MR) is 72.3 cm³/mol. The molecule has 0 radical (unpaired) electrons. The summed E-state index contributed by atoms with van der Waals surface area (Å²) in [4.78, 5) is 0. The van der Waals surface area contributed by atoms with Crippen LogP contribution in [0.15, 0.2) is 24.4 Å². The van der Waals surface area contributed by atoms with Gasteiger partial charge in [0.2, 0.25) is 0 Å². The van der Waals surface area contributed by atoms with Crippen LogP contribution in [0.3, 0.4) is 0 Å². The third kappa shape index (κ3) is 3.07. The van der Waals surface area contributed by atoms with Gasteiger partial charge in [-0.2, -0.15) is 5.10 Å². The van der Waals surface area contributed by atoms with E-state index in [2.05, 4.69) is 10.4 Å². The molecule has 0 aliphatic carbocycles. The molecule has 0 amide bonds. The minimum absolute atomic E-state index is 0. The Balaban J connectivity index is 0.00000162. The lowest BCUT2D eigenvalue weighted by Gasteiger charge is -2.07. The van der Waals surface area contributed by atoms with Crippen LogP contribution in [0, 0.1) is 6.92 Å². The van der Waals surface area contributed by atoms with Crippen LogP contribution in [-0.2, 0) is 13.6 Å². The summed E-state index contributed by atoms with van der Waals surface area (Å²) < 4.78 is 1.73. The number of nitrogens with one attached hydrogen (secondary N) is 1. The summed E-state index contributed by atoms with van der Waals surface area (Å²) in [5.41, 5.74) is 2.57. The number of phenols is 2. The topological polar surface area (TPSA) is 70.3 Å². The second-order valence-electron chi connectivity index (χ2n) is 3.97. The van der Waals surface area contributed by atoms with Gasteiger partial charge in [-0.25, -0.2) is 0 Å². The van der Waals surface area contributed by atoms with Gasteiger partial charge >= 0.3 is 0 Å². The van der Waals surface area contributed by atoms with Crippen LogP contribution in [0.4, 0.5) is 5.69 Å². The number of nitrogens with zero attached hydrogens (tertiary/aromatic N) is 2. The largest absolute Gasteiger partial charge is 0.508 e. The van der Waals surface area contributed by atoms with E-state index in [0.717, 1.165) is 16.9 Å². The van der Waals surface area contributed by atoms with Crippen LogP contribution in [0.2, 0.25) is 0 Å². The van der Waals surface area contributed by atoms with Crippen molar-refractivity contribution in [2.24, 2.45) is 7.05 Å². The Morgan fingerprint density at radius 3 is 2.61 bits per heavy atom. The van der Waals surface area contributed by atoms with E-state index in [0.29, 0.717) is 6.54 Å². The Labute approximate surface area is 111 Å². The first kappa shape index (κ1) is 14.2. The normalized spacial score (nSPS) is 9.89. The quantitative estimate of drug-likeness (QED) is 0.799. The maximum atomic E-state index is 9.62. The molecule has 18 heavy (non-hydrogen) atoms. The highest BCUT2D eigenvalue weighted by atomic mass is 35.5. The number of aromatic nitrogens is 2. The van der Waals surface area contributed by atoms with E-state index in [1.807, 2.05) is 20.2 Å². The maximum absolute atomic E-state index is 9.62. The van der Waals surface area contributed by atoms with Crippen molar-refractivity contribution in [2.45, 2.75) is 13.5 Å². The monoisotopic (exact) mass is 269 g/mol. The van der Waals surface area contributed by atoms with E-state index in [1.54, 1.807) is 16.8 Å². The molecular formula is C12H16ClN3O2. The molecule has 3 N–H and O–H groups in total. The highest BCUT2D eigenvalue weighted by molar-refractivity contribution is 5.85. The zero-order valence-electron chi connectivity index (χ0n) is 10.2. The molecule has 1 aromatic heterocycles. The molecule has 0 aliphatic rings. The molecule has 1 heterocycles. The van der Waals surface area contributed by atoms with E-state index in [-0.39, 0.29) is 23.9 Å². The molecule has 0 bridgehead atoms. The molecule has 2 rings (SSSR count). The number of benzene rings is 1. The van der Waals surface area contributed by atoms with Crippen molar-refractivity contribution in [1.29, 1.82) is 0 Å². The molecule has 0 fully saturated rings. The van der Waals surface area contributed by atoms with Crippen molar-refractivity contribution in [1.82, 2.24) is 9.78 Å². The summed E-state index contributed by atoms with van der Waals surface area (Å²) in [5.74, 6) is 0.142. The van der Waals surface area contributed by atoms with Crippen LogP contribution in [-0.4, -0.2) is 20.0 Å². The number of halogens is 1. The highest BCUT2D eigenvalue weighted by Crippen LogP contribution is 2.23. The molecule has 1 aromatic carbocycles. The summed E-state index contributed by atoms with van der Waals surface area (Å²) in [6.45, 7) is 2.40. The molecule has 5 nitrogen and oxygen atoms in total. The molecule has 0 unspecified atom stereocenters. The zero-order valence-corrected chi connectivity index (χ0v) is 11.0. The number of rotatable bonds is 3. The molecule has 0 aliphatic heterocycles. The third-order valence-corrected chi connectivity index (χ3v) is 2.55. The predicted octanol–water partition coefficient (Wildman–Crippen LogP) is 2.17. The van der Waals surface area contributed by atoms with Crippen molar-refractivity contribution in [2.75, 3.05) is 5.32 Å². The summed E-state index contributed by atoms with van der Waals surface area (Å²) >= 11 is 0. The Hall–Kier alpha value is -1.88. The Bertz CT molecular complexity index is 540. The first-order chi connectivity index (χ1) is 8.06. The summed E-state index contributed by atoms with van der Waals surface area (Å²) in [6.07, 6.45) is 1.88. The second kappa shape index (κ2) is 5.64. The molecule has 2 aromatic rings. The van der Waals surface area contributed by atoms with Crippen LogP contribution in [0.5, 0.6) is 11.5 Å². The number of aromatic hydroxyl groups is 2. The minimum Gasteiger partial charge on any atom is -0.508 e. The van der Waals surface area contributed by atoms with Gasteiger partial charge < -0.3 is 15.5 Å². The van der Waals surface area contributed by atoms with Crippen LogP contribution >= 0.6 is 12.4 Å². The van der Waals surface area contributed by atoms with Gasteiger partial charge in [0.25, 0.3) is 0 Å². The molecule has 6 heteroatoms. The molecular weight excluding hydrogens is 254 g/mol. The first-order valence-electron chi connectivity index (χ1n) is 5.31.